The number of nitro groups is 1. The summed E-state index contributed by atoms with van der Waals surface area (Å²) in [5.74, 6) is -4.77. The van der Waals surface area contributed by atoms with Crippen molar-refractivity contribution in [2.24, 2.45) is 0 Å². The molecule has 0 spiro atoms. The normalized spacial score (nSPS) is 11.3. The Labute approximate surface area is 420 Å². The number of carboxylic acids is 2. The molecule has 5 N–H and O–H groups in total. The van der Waals surface area contributed by atoms with E-state index in [0.29, 0.717) is 46.8 Å². The fraction of sp³-hybridized carbons (Fsp3) is 0.150. The summed E-state index contributed by atoms with van der Waals surface area (Å²) in [4.78, 5) is 70.1. The number of aromatic carboxylic acids is 1. The van der Waals surface area contributed by atoms with Crippen LogP contribution in [0.25, 0.3) is 10.9 Å². The molecule has 3 amide bonds. The molecule has 3 aromatic carbocycles. The van der Waals surface area contributed by atoms with E-state index in [0.717, 1.165) is 29.7 Å². The lowest BCUT2D eigenvalue weighted by Crippen LogP contribution is -2.36. The van der Waals surface area contributed by atoms with Crippen LogP contribution in [-0.2, 0) is 37.2 Å². The van der Waals surface area contributed by atoms with E-state index >= 15 is 0 Å². The van der Waals surface area contributed by atoms with E-state index in [9.17, 15) is 72.5 Å². The predicted molar refractivity (Wildman–Crippen MR) is 242 cm³/mol. The van der Waals surface area contributed by atoms with Gasteiger partial charge < -0.3 is 29.2 Å². The maximum atomic E-state index is 12.8. The largest absolute Gasteiger partial charge is 0.481 e. The van der Waals surface area contributed by atoms with Crippen molar-refractivity contribution in [3.8, 4) is 29.0 Å². The number of nitro benzene ring substituents is 1. The number of amides is 3. The molecule has 0 aliphatic carbocycles. The molecule has 0 atom stereocenters. The third kappa shape index (κ3) is 16.3. The number of aliphatic carboxylic acids is 1. The van der Waals surface area contributed by atoms with Crippen LogP contribution < -0.4 is 33.7 Å². The van der Waals surface area contributed by atoms with Crippen LogP contribution in [0.4, 0.5) is 42.8 Å². The van der Waals surface area contributed by atoms with Gasteiger partial charge in [0, 0.05) is 23.7 Å². The van der Waals surface area contributed by atoms with Crippen molar-refractivity contribution in [3.63, 3.8) is 0 Å². The second-order valence-corrected chi connectivity index (χ2v) is 17.9. The summed E-state index contributed by atoms with van der Waals surface area (Å²) < 4.78 is 147. The standard InChI is InChI=1S/C15H10ClF3N2O6S.C14H12F3N5O7S.C11H8ClNO3/c1-28(25,26)20-14(22)10-7-9(3-4-12(10)21(23)24)27-13-5-2-8(6-11(13)16)15(17,18)19;1-28-8-5-9(29-2)20-12(19-8)21-13(25)22-30(26,27)10-6(11(23)24)3-4-7(18-10)14(15,16)17;12-8-3-4-9(16-6-10(14)15)11-7(8)2-1-5-13-11/h2-7H,1H3,(H,20,22);3-5H,1-2H3,(H,23,24)(H2,19,20,21,22,25);1-5H,6H2,(H,14,15). The molecule has 0 bridgehead atoms. The Balaban J connectivity index is 0.000000251. The molecule has 0 unspecified atom stereocenters. The van der Waals surface area contributed by atoms with Gasteiger partial charge in [-0.05, 0) is 60.7 Å². The van der Waals surface area contributed by atoms with Crippen molar-refractivity contribution in [2.45, 2.75) is 17.4 Å². The molecule has 34 heteroatoms. The van der Waals surface area contributed by atoms with E-state index in [1.807, 2.05) is 5.32 Å². The number of nitrogens with zero attached hydrogens (tertiary/aromatic N) is 5. The Hall–Kier alpha value is -8.36. The summed E-state index contributed by atoms with van der Waals surface area (Å²) in [5, 5.41) is 29.9. The summed E-state index contributed by atoms with van der Waals surface area (Å²) in [6, 6.07) is 12.3. The Kier molecular flexibility index (Phi) is 18.8. The highest BCUT2D eigenvalue weighted by atomic mass is 35.5. The van der Waals surface area contributed by atoms with Crippen molar-refractivity contribution in [1.82, 2.24) is 29.4 Å². The van der Waals surface area contributed by atoms with Gasteiger partial charge in [-0.1, -0.05) is 23.2 Å². The second kappa shape index (κ2) is 23.9. The smallest absolute Gasteiger partial charge is 0.433 e. The minimum atomic E-state index is -5.14. The van der Waals surface area contributed by atoms with Crippen LogP contribution >= 0.6 is 23.2 Å². The highest BCUT2D eigenvalue weighted by Gasteiger charge is 2.37. The lowest BCUT2D eigenvalue weighted by atomic mass is 10.1. The molecule has 3 heterocycles. The maximum Gasteiger partial charge on any atom is 0.433 e. The van der Waals surface area contributed by atoms with Crippen molar-refractivity contribution >= 4 is 89.7 Å². The number of fused-ring (bicyclic) bond motifs is 1. The number of benzene rings is 3. The van der Waals surface area contributed by atoms with Crippen molar-refractivity contribution in [3.05, 3.63) is 128 Å². The molecular formula is C40H30Cl2F6N8O16S2. The predicted octanol–water partition coefficient (Wildman–Crippen LogP) is 7.22. The number of pyridine rings is 2. The number of hydrogen-bond donors (Lipinski definition) is 5. The van der Waals surface area contributed by atoms with Crippen molar-refractivity contribution < 1.29 is 96.4 Å². The Morgan fingerprint density at radius 1 is 0.770 bits per heavy atom. The third-order valence-corrected chi connectivity index (χ3v) is 10.8. The van der Waals surface area contributed by atoms with Gasteiger partial charge in [-0.3, -0.25) is 25.2 Å². The second-order valence-electron chi connectivity index (χ2n) is 13.7. The average molecular weight is 1130 g/mol. The van der Waals surface area contributed by atoms with Gasteiger partial charge in [0.05, 0.1) is 52.6 Å². The van der Waals surface area contributed by atoms with Crippen molar-refractivity contribution in [2.75, 3.05) is 32.4 Å². The summed E-state index contributed by atoms with van der Waals surface area (Å²) in [5.41, 5.74) is -4.53. The number of anilines is 1. The first-order chi connectivity index (χ1) is 34.3. The number of urea groups is 1. The Morgan fingerprint density at radius 2 is 1.41 bits per heavy atom. The van der Waals surface area contributed by atoms with Gasteiger partial charge in [0.25, 0.3) is 21.6 Å². The van der Waals surface area contributed by atoms with E-state index in [1.54, 1.807) is 35.2 Å². The number of rotatable bonds is 14. The van der Waals surface area contributed by atoms with E-state index in [1.165, 1.54) is 25.0 Å². The maximum absolute atomic E-state index is 12.8. The first kappa shape index (κ1) is 58.2. The van der Waals surface area contributed by atoms with Crippen LogP contribution in [0.3, 0.4) is 0 Å². The summed E-state index contributed by atoms with van der Waals surface area (Å²) in [6.07, 6.45) is -7.40. The molecule has 3 aromatic heterocycles. The number of alkyl halides is 6. The summed E-state index contributed by atoms with van der Waals surface area (Å²) in [7, 11) is -6.67. The van der Waals surface area contributed by atoms with Gasteiger partial charge in [0.1, 0.15) is 34.0 Å². The van der Waals surface area contributed by atoms with Crippen LogP contribution in [-0.4, -0.2) is 103 Å². The zero-order chi connectivity index (χ0) is 55.5. The van der Waals surface area contributed by atoms with Crippen LogP contribution in [0.2, 0.25) is 10.0 Å². The van der Waals surface area contributed by atoms with E-state index in [4.69, 9.17) is 52.4 Å². The quantitative estimate of drug-likeness (QED) is 0.0408. The lowest BCUT2D eigenvalue weighted by Gasteiger charge is -2.12. The molecule has 0 fully saturated rings. The molecule has 394 valence electrons. The number of nitrogens with one attached hydrogen (secondary N) is 3. The minimum Gasteiger partial charge on any atom is -0.481 e. The molecule has 0 saturated carbocycles. The zero-order valence-corrected chi connectivity index (χ0v) is 40.1. The summed E-state index contributed by atoms with van der Waals surface area (Å²) >= 11 is 11.7. The van der Waals surface area contributed by atoms with Crippen LogP contribution in [0.5, 0.6) is 29.0 Å². The van der Waals surface area contributed by atoms with Gasteiger partial charge in [-0.15, -0.1) is 0 Å². The number of hydrogen-bond acceptors (Lipinski definition) is 18. The Morgan fingerprint density at radius 3 is 1.95 bits per heavy atom. The van der Waals surface area contributed by atoms with Gasteiger partial charge in [0.2, 0.25) is 27.7 Å². The van der Waals surface area contributed by atoms with Crippen LogP contribution in [0, 0.1) is 10.1 Å². The molecule has 0 aliphatic heterocycles. The van der Waals surface area contributed by atoms with Gasteiger partial charge >= 0.3 is 30.3 Å². The number of carbonyl (C=O) groups is 4. The van der Waals surface area contributed by atoms with Crippen LogP contribution in [0.1, 0.15) is 32.0 Å². The number of ether oxygens (including phenoxy) is 4. The van der Waals surface area contributed by atoms with E-state index in [2.05, 4.69) is 19.9 Å². The van der Waals surface area contributed by atoms with E-state index in [-0.39, 0.29) is 23.3 Å². The number of methoxy groups -OCH3 is 2. The molecule has 0 aliphatic rings. The summed E-state index contributed by atoms with van der Waals surface area (Å²) in [6.45, 7) is -0.396. The first-order valence-electron chi connectivity index (χ1n) is 19.2. The topological polar surface area (TPSA) is 345 Å². The van der Waals surface area contributed by atoms with Gasteiger partial charge in [-0.25, -0.2) is 37.2 Å². The molecule has 0 radical (unpaired) electrons. The van der Waals surface area contributed by atoms with Crippen molar-refractivity contribution in [1.29, 1.82) is 0 Å². The number of aromatic nitrogens is 4. The fourth-order valence-electron chi connectivity index (χ4n) is 5.33. The number of sulfonamides is 2. The SMILES string of the molecule is COc1cc(OC)nc(NC(=O)NS(=O)(=O)c2nc(C(F)(F)F)ccc2C(=O)O)n1.CS(=O)(=O)NC(=O)c1cc(Oc2ccc(C(F)(F)F)cc2Cl)ccc1[N+](=O)[O-].O=C(O)COc1ccc(Cl)c2cccnc12. The molecule has 74 heavy (non-hydrogen) atoms. The van der Waals surface area contributed by atoms with Gasteiger partial charge in [-0.2, -0.15) is 44.7 Å². The fourth-order valence-corrected chi connectivity index (χ4v) is 7.27. The molecule has 6 rings (SSSR count). The molecule has 0 saturated heterocycles. The van der Waals surface area contributed by atoms with E-state index < -0.39 is 112 Å². The number of carboxylic acid groups (broad SMARTS) is 2. The molecule has 6 aromatic rings. The minimum absolute atomic E-state index is 0.0623. The van der Waals surface area contributed by atoms with Crippen LogP contribution in [0.15, 0.2) is 90.1 Å². The zero-order valence-electron chi connectivity index (χ0n) is 37.0. The molecular weight excluding hydrogens is 1100 g/mol. The number of halogens is 8. The highest BCUT2D eigenvalue weighted by molar-refractivity contribution is 7.90. The monoisotopic (exact) mass is 1130 g/mol. The first-order valence-corrected chi connectivity index (χ1v) is 23.3. The number of carbonyl (C=O) groups excluding carboxylic acids is 2. The third-order valence-electron chi connectivity index (χ3n) is 8.39. The Bertz CT molecular complexity index is 3360. The average Bonchev–Trinajstić information content (AvgIpc) is 3.30. The van der Waals surface area contributed by atoms with Gasteiger partial charge in [0.15, 0.2) is 11.6 Å². The molecule has 24 nitrogen and oxygen atoms in total. The highest BCUT2D eigenvalue weighted by Crippen LogP contribution is 2.38. The lowest BCUT2D eigenvalue weighted by molar-refractivity contribution is -0.385.